The van der Waals surface area contributed by atoms with E-state index in [1.807, 2.05) is 20.8 Å². The number of hydrogen-bond acceptors (Lipinski definition) is 3. The van der Waals surface area contributed by atoms with Crippen molar-refractivity contribution in [2.24, 2.45) is 5.92 Å². The van der Waals surface area contributed by atoms with Crippen molar-refractivity contribution in [2.45, 2.75) is 58.2 Å². The third kappa shape index (κ3) is 3.26. The molecule has 0 radical (unpaired) electrons. The Labute approximate surface area is 115 Å². The molecule has 5 heteroatoms. The lowest BCUT2D eigenvalue weighted by atomic mass is 9.88. The number of rotatable bonds is 5. The van der Waals surface area contributed by atoms with E-state index in [0.717, 1.165) is 12.8 Å². The fourth-order valence-electron chi connectivity index (χ4n) is 3.22. The number of amides is 2. The first-order chi connectivity index (χ1) is 9.01. The average Bonchev–Trinajstić information content (AvgIpc) is 2.96. The molecule has 5 nitrogen and oxygen atoms in total. The summed E-state index contributed by atoms with van der Waals surface area (Å²) < 4.78 is 0. The highest BCUT2D eigenvalue weighted by atomic mass is 16.2. The van der Waals surface area contributed by atoms with Crippen LogP contribution in [0.5, 0.6) is 0 Å². The first-order valence-corrected chi connectivity index (χ1v) is 7.35. The predicted molar refractivity (Wildman–Crippen MR) is 73.6 cm³/mol. The molecule has 0 aromatic carbocycles. The first-order valence-electron chi connectivity index (χ1n) is 7.35. The SMILES string of the molecule is CCN(CC(=O)NC(C)C)C(=O)C1CC2CCC1N2. The maximum Gasteiger partial charge on any atom is 0.239 e. The highest BCUT2D eigenvalue weighted by Crippen LogP contribution is 2.34. The van der Waals surface area contributed by atoms with Crippen LogP contribution in [0.4, 0.5) is 0 Å². The molecule has 2 fully saturated rings. The number of fused-ring (bicyclic) bond motifs is 2. The largest absolute Gasteiger partial charge is 0.352 e. The molecule has 108 valence electrons. The summed E-state index contributed by atoms with van der Waals surface area (Å²) in [7, 11) is 0. The van der Waals surface area contributed by atoms with Crippen LogP contribution in [0.3, 0.4) is 0 Å². The Morgan fingerprint density at radius 2 is 2.11 bits per heavy atom. The highest BCUT2D eigenvalue weighted by Gasteiger charge is 2.44. The predicted octanol–water partition coefficient (Wildman–Crippen LogP) is 0.500. The van der Waals surface area contributed by atoms with Gasteiger partial charge < -0.3 is 15.5 Å². The monoisotopic (exact) mass is 267 g/mol. The molecule has 2 aliphatic heterocycles. The lowest BCUT2D eigenvalue weighted by Gasteiger charge is -2.27. The van der Waals surface area contributed by atoms with Gasteiger partial charge in [0.05, 0.1) is 12.5 Å². The Balaban J connectivity index is 1.90. The zero-order chi connectivity index (χ0) is 14.0. The highest BCUT2D eigenvalue weighted by molar-refractivity contribution is 5.86. The lowest BCUT2D eigenvalue weighted by molar-refractivity contribution is -0.139. The van der Waals surface area contributed by atoms with Crippen LogP contribution in [-0.4, -0.2) is 47.9 Å². The van der Waals surface area contributed by atoms with E-state index in [1.165, 1.54) is 6.42 Å². The smallest absolute Gasteiger partial charge is 0.239 e. The summed E-state index contributed by atoms with van der Waals surface area (Å²) in [6, 6.07) is 0.965. The van der Waals surface area contributed by atoms with E-state index in [4.69, 9.17) is 0 Å². The van der Waals surface area contributed by atoms with E-state index in [0.29, 0.717) is 18.6 Å². The fraction of sp³-hybridized carbons (Fsp3) is 0.857. The molecule has 2 N–H and O–H groups in total. The van der Waals surface area contributed by atoms with E-state index in [2.05, 4.69) is 10.6 Å². The van der Waals surface area contributed by atoms with E-state index < -0.39 is 0 Å². The van der Waals surface area contributed by atoms with Crippen LogP contribution in [-0.2, 0) is 9.59 Å². The van der Waals surface area contributed by atoms with E-state index in [9.17, 15) is 9.59 Å². The van der Waals surface area contributed by atoms with E-state index in [-0.39, 0.29) is 30.3 Å². The Bertz CT molecular complexity index is 357. The van der Waals surface area contributed by atoms with Gasteiger partial charge >= 0.3 is 0 Å². The number of carbonyl (C=O) groups is 2. The fourth-order valence-corrected chi connectivity index (χ4v) is 3.22. The standard InChI is InChI=1S/C14H25N3O2/c1-4-17(8-13(18)15-9(2)3)14(19)11-7-10-5-6-12(11)16-10/h9-12,16H,4-8H2,1-3H3,(H,15,18). The molecule has 2 aliphatic rings. The summed E-state index contributed by atoms with van der Waals surface area (Å²) in [5, 5.41) is 6.31. The molecule has 0 aromatic heterocycles. The quantitative estimate of drug-likeness (QED) is 0.762. The summed E-state index contributed by atoms with van der Waals surface area (Å²) in [5.74, 6) is 0.146. The number of nitrogens with one attached hydrogen (secondary N) is 2. The third-order valence-corrected chi connectivity index (χ3v) is 4.09. The van der Waals surface area contributed by atoms with Crippen molar-refractivity contribution in [1.29, 1.82) is 0 Å². The van der Waals surface area contributed by atoms with Gasteiger partial charge in [0.2, 0.25) is 11.8 Å². The Hall–Kier alpha value is -1.10. The summed E-state index contributed by atoms with van der Waals surface area (Å²) in [6.07, 6.45) is 3.22. The van der Waals surface area contributed by atoms with Crippen LogP contribution in [0.1, 0.15) is 40.0 Å². The van der Waals surface area contributed by atoms with Crippen LogP contribution in [0, 0.1) is 5.92 Å². The van der Waals surface area contributed by atoms with Crippen LogP contribution in [0.25, 0.3) is 0 Å². The molecule has 2 bridgehead atoms. The number of likely N-dealkylation sites (N-methyl/N-ethyl adjacent to an activating group) is 1. The molecule has 2 heterocycles. The van der Waals surface area contributed by atoms with Gasteiger partial charge in [0.15, 0.2) is 0 Å². The van der Waals surface area contributed by atoms with Gasteiger partial charge in [0.1, 0.15) is 0 Å². The molecule has 3 atom stereocenters. The Morgan fingerprint density at radius 3 is 2.58 bits per heavy atom. The maximum atomic E-state index is 12.5. The summed E-state index contributed by atoms with van der Waals surface area (Å²) >= 11 is 0. The van der Waals surface area contributed by atoms with E-state index >= 15 is 0 Å². The Kier molecular flexibility index (Phi) is 4.45. The molecular weight excluding hydrogens is 242 g/mol. The number of hydrogen-bond donors (Lipinski definition) is 2. The van der Waals surface area contributed by atoms with Crippen LogP contribution in [0.2, 0.25) is 0 Å². The molecular formula is C14H25N3O2. The van der Waals surface area contributed by atoms with Gasteiger partial charge in [0.25, 0.3) is 0 Å². The van der Waals surface area contributed by atoms with Crippen molar-refractivity contribution in [3.05, 3.63) is 0 Å². The van der Waals surface area contributed by atoms with Crippen molar-refractivity contribution in [1.82, 2.24) is 15.5 Å². The maximum absolute atomic E-state index is 12.5. The van der Waals surface area contributed by atoms with E-state index in [1.54, 1.807) is 4.90 Å². The minimum absolute atomic E-state index is 0.0682. The number of carbonyl (C=O) groups excluding carboxylic acids is 2. The van der Waals surface area contributed by atoms with Crippen molar-refractivity contribution >= 4 is 11.8 Å². The average molecular weight is 267 g/mol. The molecule has 0 aliphatic carbocycles. The third-order valence-electron chi connectivity index (χ3n) is 4.09. The van der Waals surface area contributed by atoms with Gasteiger partial charge in [-0.1, -0.05) is 0 Å². The van der Waals surface area contributed by atoms with Gasteiger partial charge in [-0.05, 0) is 40.0 Å². The van der Waals surface area contributed by atoms with Crippen molar-refractivity contribution < 1.29 is 9.59 Å². The van der Waals surface area contributed by atoms with Gasteiger partial charge in [-0.25, -0.2) is 0 Å². The molecule has 3 unspecified atom stereocenters. The van der Waals surface area contributed by atoms with Gasteiger partial charge in [-0.3, -0.25) is 9.59 Å². The summed E-state index contributed by atoms with van der Waals surface area (Å²) in [6.45, 7) is 6.56. The normalized spacial score (nSPS) is 28.7. The minimum atomic E-state index is -0.0682. The number of nitrogens with zero attached hydrogens (tertiary/aromatic N) is 1. The molecule has 2 saturated heterocycles. The van der Waals surface area contributed by atoms with Crippen molar-refractivity contribution in [3.63, 3.8) is 0 Å². The van der Waals surface area contributed by atoms with Crippen LogP contribution >= 0.6 is 0 Å². The second kappa shape index (κ2) is 5.90. The molecule has 19 heavy (non-hydrogen) atoms. The topological polar surface area (TPSA) is 61.4 Å². The molecule has 2 rings (SSSR count). The second-order valence-electron chi connectivity index (χ2n) is 5.96. The second-order valence-corrected chi connectivity index (χ2v) is 5.96. The van der Waals surface area contributed by atoms with Gasteiger partial charge in [0, 0.05) is 24.7 Å². The minimum Gasteiger partial charge on any atom is -0.352 e. The summed E-state index contributed by atoms with van der Waals surface area (Å²) in [5.41, 5.74) is 0. The molecule has 2 amide bonds. The van der Waals surface area contributed by atoms with Gasteiger partial charge in [-0.2, -0.15) is 0 Å². The zero-order valence-corrected chi connectivity index (χ0v) is 12.1. The first kappa shape index (κ1) is 14.3. The molecule has 0 spiro atoms. The van der Waals surface area contributed by atoms with Gasteiger partial charge in [-0.15, -0.1) is 0 Å². The summed E-state index contributed by atoms with van der Waals surface area (Å²) in [4.78, 5) is 26.0. The molecule has 0 saturated carbocycles. The van der Waals surface area contributed by atoms with Crippen molar-refractivity contribution in [3.8, 4) is 0 Å². The Morgan fingerprint density at radius 1 is 1.37 bits per heavy atom. The van der Waals surface area contributed by atoms with Crippen LogP contribution in [0.15, 0.2) is 0 Å². The lowest BCUT2D eigenvalue weighted by Crippen LogP contribution is -2.46. The van der Waals surface area contributed by atoms with Crippen molar-refractivity contribution in [2.75, 3.05) is 13.1 Å². The molecule has 0 aromatic rings. The zero-order valence-electron chi connectivity index (χ0n) is 12.1. The van der Waals surface area contributed by atoms with Crippen LogP contribution < -0.4 is 10.6 Å².